The second-order valence-corrected chi connectivity index (χ2v) is 5.59. The molecule has 0 spiro atoms. The zero-order valence-electron chi connectivity index (χ0n) is 13.5. The number of fused-ring (bicyclic) bond motifs is 1. The molecule has 0 saturated heterocycles. The van der Waals surface area contributed by atoms with E-state index in [9.17, 15) is 13.6 Å². The van der Waals surface area contributed by atoms with Crippen molar-refractivity contribution in [3.63, 3.8) is 0 Å². The summed E-state index contributed by atoms with van der Waals surface area (Å²) in [5, 5.41) is 0. The molecule has 0 saturated carbocycles. The number of alkyl halides is 2. The van der Waals surface area contributed by atoms with Crippen molar-refractivity contribution in [2.45, 2.75) is 12.7 Å². The Morgan fingerprint density at radius 3 is 2.56 bits per heavy atom. The van der Waals surface area contributed by atoms with Gasteiger partial charge in [0.25, 0.3) is 5.91 Å². The molecule has 1 unspecified atom stereocenters. The minimum absolute atomic E-state index is 0.00910. The number of amides is 1. The molecule has 1 aliphatic rings. The van der Waals surface area contributed by atoms with Crippen LogP contribution in [0.5, 0.6) is 17.2 Å². The van der Waals surface area contributed by atoms with Crippen molar-refractivity contribution in [1.29, 1.82) is 0 Å². The number of hydrogen-bond acceptors (Lipinski definition) is 4. The Bertz CT molecular complexity index is 736. The topological polar surface area (TPSA) is 48.0 Å². The normalized spacial score (nSPS) is 15.8. The molecule has 132 valence electrons. The highest BCUT2D eigenvalue weighted by Crippen LogP contribution is 2.31. The van der Waals surface area contributed by atoms with Crippen molar-refractivity contribution >= 4 is 5.91 Å². The van der Waals surface area contributed by atoms with E-state index in [4.69, 9.17) is 9.47 Å². The Balaban J connectivity index is 1.59. The lowest BCUT2D eigenvalue weighted by Gasteiger charge is -2.29. The van der Waals surface area contributed by atoms with Gasteiger partial charge in [0.1, 0.15) is 12.4 Å². The monoisotopic (exact) mass is 349 g/mol. The highest BCUT2D eigenvalue weighted by atomic mass is 19.3. The summed E-state index contributed by atoms with van der Waals surface area (Å²) in [5.74, 6) is 1.09. The van der Waals surface area contributed by atoms with Gasteiger partial charge >= 0.3 is 6.61 Å². The van der Waals surface area contributed by atoms with E-state index in [1.165, 1.54) is 29.2 Å². The molecule has 1 amide bonds. The van der Waals surface area contributed by atoms with Crippen molar-refractivity contribution in [3.05, 3.63) is 54.1 Å². The zero-order chi connectivity index (χ0) is 17.8. The zero-order valence-corrected chi connectivity index (χ0v) is 13.5. The fourth-order valence-corrected chi connectivity index (χ4v) is 2.54. The van der Waals surface area contributed by atoms with Crippen LogP contribution in [0, 0.1) is 0 Å². The standard InChI is InChI=1S/C18H17F2NO4/c1-21(10-14-11-23-15-4-2-3-5-16(15)24-14)17(22)12-6-8-13(9-7-12)25-18(19)20/h2-9,14,18H,10-11H2,1H3. The molecule has 1 heterocycles. The number of likely N-dealkylation sites (N-methyl/N-ethyl adjacent to an activating group) is 1. The second kappa shape index (κ2) is 7.38. The van der Waals surface area contributed by atoms with E-state index in [2.05, 4.69) is 4.74 Å². The fraction of sp³-hybridized carbons (Fsp3) is 0.278. The number of nitrogens with zero attached hydrogens (tertiary/aromatic N) is 1. The van der Waals surface area contributed by atoms with Crippen molar-refractivity contribution < 1.29 is 27.8 Å². The maximum absolute atomic E-state index is 12.4. The summed E-state index contributed by atoms with van der Waals surface area (Å²) >= 11 is 0. The Kier molecular flexibility index (Phi) is 5.02. The number of carbonyl (C=O) groups is 1. The van der Waals surface area contributed by atoms with E-state index in [1.807, 2.05) is 24.3 Å². The third-order valence-corrected chi connectivity index (χ3v) is 3.72. The molecule has 2 aromatic carbocycles. The summed E-state index contributed by atoms with van der Waals surface area (Å²) in [5.41, 5.74) is 0.376. The maximum atomic E-state index is 12.4. The number of carbonyl (C=O) groups excluding carboxylic acids is 1. The molecule has 0 aliphatic carbocycles. The first-order valence-electron chi connectivity index (χ1n) is 7.72. The summed E-state index contributed by atoms with van der Waals surface area (Å²) in [7, 11) is 1.65. The van der Waals surface area contributed by atoms with Crippen LogP contribution >= 0.6 is 0 Å². The van der Waals surface area contributed by atoms with Crippen molar-refractivity contribution in [2.24, 2.45) is 0 Å². The molecular weight excluding hydrogens is 332 g/mol. The first-order valence-corrected chi connectivity index (χ1v) is 7.72. The minimum atomic E-state index is -2.89. The molecule has 0 radical (unpaired) electrons. The van der Waals surface area contributed by atoms with Crippen molar-refractivity contribution in [2.75, 3.05) is 20.2 Å². The molecule has 1 aliphatic heterocycles. The van der Waals surface area contributed by atoms with Crippen LogP contribution in [-0.2, 0) is 0 Å². The van der Waals surface area contributed by atoms with Gasteiger partial charge in [0.05, 0.1) is 6.54 Å². The van der Waals surface area contributed by atoms with Crippen LogP contribution in [0.25, 0.3) is 0 Å². The van der Waals surface area contributed by atoms with Crippen LogP contribution in [0.3, 0.4) is 0 Å². The van der Waals surface area contributed by atoms with Crippen LogP contribution in [0.4, 0.5) is 8.78 Å². The molecule has 0 bridgehead atoms. The van der Waals surface area contributed by atoms with Crippen LogP contribution in [0.2, 0.25) is 0 Å². The van der Waals surface area contributed by atoms with Gasteiger partial charge in [-0.2, -0.15) is 8.78 Å². The van der Waals surface area contributed by atoms with Gasteiger partial charge in [0.15, 0.2) is 17.6 Å². The number of benzene rings is 2. The lowest BCUT2D eigenvalue weighted by molar-refractivity contribution is -0.0498. The molecular formula is C18H17F2NO4. The Morgan fingerprint density at radius 2 is 1.88 bits per heavy atom. The van der Waals surface area contributed by atoms with Crippen LogP contribution in [0.15, 0.2) is 48.5 Å². The van der Waals surface area contributed by atoms with Crippen molar-refractivity contribution in [1.82, 2.24) is 4.90 Å². The van der Waals surface area contributed by atoms with Gasteiger partial charge < -0.3 is 19.1 Å². The van der Waals surface area contributed by atoms with E-state index in [0.717, 1.165) is 0 Å². The van der Waals surface area contributed by atoms with Gasteiger partial charge in [-0.3, -0.25) is 4.79 Å². The van der Waals surface area contributed by atoms with Gasteiger partial charge in [0, 0.05) is 12.6 Å². The second-order valence-electron chi connectivity index (χ2n) is 5.59. The summed E-state index contributed by atoms with van der Waals surface area (Å²) in [4.78, 5) is 13.9. The number of hydrogen-bond donors (Lipinski definition) is 0. The number of ether oxygens (including phenoxy) is 3. The number of halogens is 2. The highest BCUT2D eigenvalue weighted by Gasteiger charge is 2.24. The van der Waals surface area contributed by atoms with Gasteiger partial charge in [-0.05, 0) is 36.4 Å². The molecule has 1 atom stereocenters. The fourth-order valence-electron chi connectivity index (χ4n) is 2.54. The van der Waals surface area contributed by atoms with Crippen LogP contribution in [-0.4, -0.2) is 43.7 Å². The van der Waals surface area contributed by atoms with Crippen LogP contribution < -0.4 is 14.2 Å². The maximum Gasteiger partial charge on any atom is 0.387 e. The molecule has 5 nitrogen and oxygen atoms in total. The number of para-hydroxylation sites is 2. The summed E-state index contributed by atoms with van der Waals surface area (Å²) in [6.07, 6.45) is -0.287. The van der Waals surface area contributed by atoms with E-state index in [0.29, 0.717) is 30.2 Å². The molecule has 2 aromatic rings. The molecule has 0 N–H and O–H groups in total. The summed E-state index contributed by atoms with van der Waals surface area (Å²) in [6, 6.07) is 12.9. The smallest absolute Gasteiger partial charge is 0.387 e. The van der Waals surface area contributed by atoms with Gasteiger partial charge in [-0.15, -0.1) is 0 Å². The average Bonchev–Trinajstić information content (AvgIpc) is 2.61. The van der Waals surface area contributed by atoms with E-state index >= 15 is 0 Å². The third-order valence-electron chi connectivity index (χ3n) is 3.72. The molecule has 0 fully saturated rings. The van der Waals surface area contributed by atoms with Gasteiger partial charge in [-0.25, -0.2) is 0 Å². The van der Waals surface area contributed by atoms with E-state index < -0.39 is 6.61 Å². The molecule has 7 heteroatoms. The van der Waals surface area contributed by atoms with Crippen molar-refractivity contribution in [3.8, 4) is 17.2 Å². The lowest BCUT2D eigenvalue weighted by atomic mass is 10.2. The highest BCUT2D eigenvalue weighted by molar-refractivity contribution is 5.94. The quantitative estimate of drug-likeness (QED) is 0.832. The van der Waals surface area contributed by atoms with Gasteiger partial charge in [0.2, 0.25) is 0 Å². The predicted octanol–water partition coefficient (Wildman–Crippen LogP) is 3.20. The molecule has 3 rings (SSSR count). The first kappa shape index (κ1) is 17.0. The Morgan fingerprint density at radius 1 is 1.20 bits per heavy atom. The average molecular weight is 349 g/mol. The number of rotatable bonds is 5. The largest absolute Gasteiger partial charge is 0.486 e. The van der Waals surface area contributed by atoms with E-state index in [-0.39, 0.29) is 17.8 Å². The molecule has 25 heavy (non-hydrogen) atoms. The first-order chi connectivity index (χ1) is 12.0. The predicted molar refractivity (Wildman–Crippen MR) is 86.4 cm³/mol. The van der Waals surface area contributed by atoms with E-state index in [1.54, 1.807) is 7.05 Å². The Hall–Kier alpha value is -2.83. The third kappa shape index (κ3) is 4.17. The van der Waals surface area contributed by atoms with Gasteiger partial charge in [-0.1, -0.05) is 12.1 Å². The Labute approximate surface area is 143 Å². The summed E-state index contributed by atoms with van der Waals surface area (Å²) < 4.78 is 40.0. The lowest BCUT2D eigenvalue weighted by Crippen LogP contribution is -2.41. The minimum Gasteiger partial charge on any atom is -0.486 e. The summed E-state index contributed by atoms with van der Waals surface area (Å²) in [6.45, 7) is -2.21. The van der Waals surface area contributed by atoms with Crippen LogP contribution in [0.1, 0.15) is 10.4 Å². The SMILES string of the molecule is CN(CC1COc2ccccc2O1)C(=O)c1ccc(OC(F)F)cc1. The molecule has 0 aromatic heterocycles.